The number of nitrogens with zero attached hydrogens (tertiary/aromatic N) is 1. The van der Waals surface area contributed by atoms with Gasteiger partial charge in [-0.25, -0.2) is 8.42 Å². The lowest BCUT2D eigenvalue weighted by atomic mass is 9.82. The molecular weight excluding hydrogens is 388 g/mol. The molecule has 0 unspecified atom stereocenters. The summed E-state index contributed by atoms with van der Waals surface area (Å²) in [5.41, 5.74) is 2.93. The molecule has 7 heteroatoms. The Morgan fingerprint density at radius 3 is 2.62 bits per heavy atom. The highest BCUT2D eigenvalue weighted by atomic mass is 32.2. The van der Waals surface area contributed by atoms with Crippen molar-refractivity contribution in [2.75, 3.05) is 26.3 Å². The second-order valence-corrected chi connectivity index (χ2v) is 9.39. The molecule has 1 aliphatic carbocycles. The van der Waals surface area contributed by atoms with Crippen molar-refractivity contribution in [1.29, 1.82) is 0 Å². The first-order chi connectivity index (χ1) is 14.1. The zero-order chi connectivity index (χ0) is 20.3. The Hall–Kier alpha value is -2.22. The summed E-state index contributed by atoms with van der Waals surface area (Å²) in [6.45, 7) is 1.69. The predicted octanol–water partition coefficient (Wildman–Crippen LogP) is 2.44. The van der Waals surface area contributed by atoms with Gasteiger partial charge in [-0.05, 0) is 42.0 Å². The molecule has 2 aliphatic rings. The lowest BCUT2D eigenvalue weighted by molar-refractivity contribution is -0.123. The maximum absolute atomic E-state index is 13.1. The highest BCUT2D eigenvalue weighted by molar-refractivity contribution is 7.89. The van der Waals surface area contributed by atoms with Crippen molar-refractivity contribution in [1.82, 2.24) is 9.62 Å². The van der Waals surface area contributed by atoms with Crippen LogP contribution in [0, 0.1) is 0 Å². The van der Waals surface area contributed by atoms with Gasteiger partial charge in [0.2, 0.25) is 15.9 Å². The largest absolute Gasteiger partial charge is 0.379 e. The topological polar surface area (TPSA) is 75.7 Å². The highest BCUT2D eigenvalue weighted by Gasteiger charge is 2.29. The zero-order valence-electron chi connectivity index (χ0n) is 16.3. The number of amides is 1. The fourth-order valence-corrected chi connectivity index (χ4v) is 5.79. The van der Waals surface area contributed by atoms with Crippen molar-refractivity contribution in [3.63, 3.8) is 0 Å². The van der Waals surface area contributed by atoms with Gasteiger partial charge >= 0.3 is 0 Å². The van der Waals surface area contributed by atoms with E-state index in [1.165, 1.54) is 9.87 Å². The van der Waals surface area contributed by atoms with E-state index in [9.17, 15) is 13.2 Å². The van der Waals surface area contributed by atoms with Gasteiger partial charge in [-0.3, -0.25) is 4.79 Å². The van der Waals surface area contributed by atoms with Crippen LogP contribution in [-0.4, -0.2) is 44.9 Å². The van der Waals surface area contributed by atoms with Crippen LogP contribution in [0.15, 0.2) is 53.4 Å². The Kier molecular flexibility index (Phi) is 5.99. The zero-order valence-corrected chi connectivity index (χ0v) is 17.2. The summed E-state index contributed by atoms with van der Waals surface area (Å²) < 4.78 is 32.9. The number of hydrogen-bond donors (Lipinski definition) is 1. The van der Waals surface area contributed by atoms with Crippen molar-refractivity contribution in [2.24, 2.45) is 0 Å². The van der Waals surface area contributed by atoms with Crippen LogP contribution in [0.2, 0.25) is 0 Å². The van der Waals surface area contributed by atoms with E-state index < -0.39 is 10.0 Å². The number of sulfonamides is 1. The molecule has 1 fully saturated rings. The molecule has 0 bridgehead atoms. The molecule has 2 aromatic rings. The average Bonchev–Trinajstić information content (AvgIpc) is 2.78. The number of rotatable bonds is 5. The number of carbonyl (C=O) groups is 1. The first-order valence-electron chi connectivity index (χ1n) is 10.1. The summed E-state index contributed by atoms with van der Waals surface area (Å²) >= 11 is 0. The smallest absolute Gasteiger partial charge is 0.243 e. The molecule has 2 aromatic carbocycles. The number of hydrogen-bond acceptors (Lipinski definition) is 4. The van der Waals surface area contributed by atoms with E-state index in [-0.39, 0.29) is 23.3 Å². The van der Waals surface area contributed by atoms with E-state index in [4.69, 9.17) is 4.74 Å². The number of benzene rings is 2. The van der Waals surface area contributed by atoms with E-state index in [1.54, 1.807) is 24.3 Å². The Labute approximate surface area is 171 Å². The molecule has 1 atom stereocenters. The Balaban J connectivity index is 1.51. The van der Waals surface area contributed by atoms with Crippen molar-refractivity contribution >= 4 is 15.9 Å². The minimum Gasteiger partial charge on any atom is -0.379 e. The second-order valence-electron chi connectivity index (χ2n) is 7.49. The number of morpholine rings is 1. The summed E-state index contributed by atoms with van der Waals surface area (Å²) in [7, 11) is -3.61. The first kappa shape index (κ1) is 20.1. The van der Waals surface area contributed by atoms with Gasteiger partial charge in [0.15, 0.2) is 0 Å². The summed E-state index contributed by atoms with van der Waals surface area (Å²) in [5.74, 6) is -0.223. The SMILES string of the molecule is O=C(NCc1ccccc1S(=O)(=O)N1CCOCC1)[C@@H]1CCCc2ccccc21. The maximum Gasteiger partial charge on any atom is 0.243 e. The average molecular weight is 415 g/mol. The maximum atomic E-state index is 13.1. The Bertz CT molecular complexity index is 984. The lowest BCUT2D eigenvalue weighted by Crippen LogP contribution is -2.41. The fraction of sp³-hybridized carbons (Fsp3) is 0.409. The number of ether oxygens (including phenoxy) is 1. The molecule has 1 N–H and O–H groups in total. The standard InChI is InChI=1S/C22H26N2O4S/c25-22(20-10-5-8-17-6-1-3-9-19(17)20)23-16-18-7-2-4-11-21(18)29(26,27)24-12-14-28-15-13-24/h1-4,6-7,9,11,20H,5,8,10,12-16H2,(H,23,25)/t20-/m1/s1. The van der Waals surface area contributed by atoms with Crippen LogP contribution in [0.4, 0.5) is 0 Å². The molecule has 1 saturated heterocycles. The lowest BCUT2D eigenvalue weighted by Gasteiger charge is -2.27. The predicted molar refractivity (Wildman–Crippen MR) is 110 cm³/mol. The van der Waals surface area contributed by atoms with Crippen LogP contribution in [-0.2, 0) is 32.5 Å². The molecule has 1 heterocycles. The third-order valence-corrected chi connectivity index (χ3v) is 7.70. The van der Waals surface area contributed by atoms with Crippen LogP contribution in [0.5, 0.6) is 0 Å². The van der Waals surface area contributed by atoms with E-state index in [2.05, 4.69) is 11.4 Å². The Morgan fingerprint density at radius 1 is 1.07 bits per heavy atom. The van der Waals surface area contributed by atoms with E-state index in [1.807, 2.05) is 18.2 Å². The van der Waals surface area contributed by atoms with Gasteiger partial charge in [0.05, 0.1) is 24.0 Å². The number of fused-ring (bicyclic) bond motifs is 1. The molecule has 1 amide bonds. The molecule has 0 radical (unpaired) electrons. The molecule has 29 heavy (non-hydrogen) atoms. The van der Waals surface area contributed by atoms with Gasteiger partial charge in [-0.1, -0.05) is 42.5 Å². The number of nitrogens with one attached hydrogen (secondary N) is 1. The van der Waals surface area contributed by atoms with E-state index >= 15 is 0 Å². The summed E-state index contributed by atoms with van der Waals surface area (Å²) in [6.07, 6.45) is 2.80. The summed E-state index contributed by atoms with van der Waals surface area (Å²) in [4.78, 5) is 13.2. The van der Waals surface area contributed by atoms with E-state index in [0.717, 1.165) is 24.8 Å². The van der Waals surface area contributed by atoms with Crippen LogP contribution < -0.4 is 5.32 Å². The van der Waals surface area contributed by atoms with E-state index in [0.29, 0.717) is 31.9 Å². The van der Waals surface area contributed by atoms with Crippen molar-refractivity contribution in [3.05, 3.63) is 65.2 Å². The second kappa shape index (κ2) is 8.65. The number of carbonyl (C=O) groups excluding carboxylic acids is 1. The summed E-state index contributed by atoms with van der Waals surface area (Å²) in [5, 5.41) is 2.98. The van der Waals surface area contributed by atoms with Crippen molar-refractivity contribution in [2.45, 2.75) is 36.6 Å². The first-order valence-corrected chi connectivity index (χ1v) is 11.5. The monoisotopic (exact) mass is 414 g/mol. The van der Waals surface area contributed by atoms with Crippen LogP contribution >= 0.6 is 0 Å². The highest BCUT2D eigenvalue weighted by Crippen LogP contribution is 2.31. The molecule has 0 saturated carbocycles. The van der Waals surface area contributed by atoms with Crippen LogP contribution in [0.1, 0.15) is 35.4 Å². The van der Waals surface area contributed by atoms with Crippen molar-refractivity contribution in [3.8, 4) is 0 Å². The molecule has 0 spiro atoms. The quantitative estimate of drug-likeness (QED) is 0.815. The fourth-order valence-electron chi connectivity index (χ4n) is 4.16. The molecule has 1 aliphatic heterocycles. The van der Waals surface area contributed by atoms with Gasteiger partial charge in [-0.2, -0.15) is 4.31 Å². The Morgan fingerprint density at radius 2 is 1.79 bits per heavy atom. The van der Waals surface area contributed by atoms with Gasteiger partial charge in [0.1, 0.15) is 0 Å². The molecule has 154 valence electrons. The summed E-state index contributed by atoms with van der Waals surface area (Å²) in [6, 6.07) is 15.0. The van der Waals surface area contributed by atoms with Gasteiger partial charge < -0.3 is 10.1 Å². The number of aryl methyl sites for hydroxylation is 1. The normalized spacial score (nSPS) is 20.1. The van der Waals surface area contributed by atoms with Crippen LogP contribution in [0.3, 0.4) is 0 Å². The van der Waals surface area contributed by atoms with Crippen LogP contribution in [0.25, 0.3) is 0 Å². The van der Waals surface area contributed by atoms with Gasteiger partial charge in [0, 0.05) is 19.6 Å². The third kappa shape index (κ3) is 4.22. The van der Waals surface area contributed by atoms with Crippen molar-refractivity contribution < 1.29 is 17.9 Å². The molecule has 4 rings (SSSR count). The third-order valence-electron chi connectivity index (χ3n) is 5.70. The molecule has 6 nitrogen and oxygen atoms in total. The molecule has 0 aromatic heterocycles. The molecular formula is C22H26N2O4S. The minimum absolute atomic E-state index is 0.0456. The minimum atomic E-state index is -3.61. The van der Waals surface area contributed by atoms with Gasteiger partial charge in [-0.15, -0.1) is 0 Å². The van der Waals surface area contributed by atoms with Gasteiger partial charge in [0.25, 0.3) is 0 Å².